The summed E-state index contributed by atoms with van der Waals surface area (Å²) in [5, 5.41) is -0.574. The molecule has 4 nitrogen and oxygen atoms in total. The molecule has 32 heavy (non-hydrogen) atoms. The van der Waals surface area contributed by atoms with Gasteiger partial charge in [-0.25, -0.2) is 9.79 Å². The number of carbonyl (C=O) groups is 1. The molecule has 0 bridgehead atoms. The minimum atomic E-state index is -4.59. The van der Waals surface area contributed by atoms with Crippen molar-refractivity contribution < 1.29 is 27.4 Å². The summed E-state index contributed by atoms with van der Waals surface area (Å²) in [6, 6.07) is 16.9. The summed E-state index contributed by atoms with van der Waals surface area (Å²) in [7, 11) is 0. The maximum atomic E-state index is 12.9. The smallest absolute Gasteiger partial charge is 0.416 e. The first-order valence-corrected chi connectivity index (χ1v) is 9.88. The SMILES string of the molecule is O=C1OC(c2ccccc2)=NC1=Cc1cccc(Oc2c(Cl)cc(C(F)(F)F)cc2Cl)c1. The first-order valence-electron chi connectivity index (χ1n) is 9.13. The third-order valence-corrected chi connectivity index (χ3v) is 4.91. The number of aliphatic imine (C=N–C) groups is 1. The molecule has 0 aliphatic carbocycles. The summed E-state index contributed by atoms with van der Waals surface area (Å²) in [6.07, 6.45) is -3.09. The van der Waals surface area contributed by atoms with Crippen molar-refractivity contribution in [2.45, 2.75) is 6.18 Å². The Morgan fingerprint density at radius 1 is 0.938 bits per heavy atom. The van der Waals surface area contributed by atoms with E-state index in [9.17, 15) is 18.0 Å². The Balaban J connectivity index is 1.60. The number of halogens is 5. The Kier molecular flexibility index (Phi) is 5.95. The second-order valence-electron chi connectivity index (χ2n) is 6.64. The van der Waals surface area contributed by atoms with E-state index in [0.29, 0.717) is 11.1 Å². The van der Waals surface area contributed by atoms with Gasteiger partial charge < -0.3 is 9.47 Å². The molecule has 3 aromatic carbocycles. The largest absolute Gasteiger partial charge is 0.454 e. The van der Waals surface area contributed by atoms with Crippen molar-refractivity contribution in [1.82, 2.24) is 0 Å². The van der Waals surface area contributed by atoms with E-state index in [1.807, 2.05) is 6.07 Å². The molecule has 9 heteroatoms. The predicted octanol–water partition coefficient (Wildman–Crippen LogP) is 7.15. The summed E-state index contributed by atoms with van der Waals surface area (Å²) in [5.74, 6) is -0.279. The van der Waals surface area contributed by atoms with E-state index in [1.165, 1.54) is 6.08 Å². The van der Waals surface area contributed by atoms with Crippen LogP contribution in [-0.2, 0) is 15.7 Å². The van der Waals surface area contributed by atoms with Crippen LogP contribution in [0, 0.1) is 0 Å². The van der Waals surface area contributed by atoms with Gasteiger partial charge in [-0.15, -0.1) is 0 Å². The summed E-state index contributed by atoms with van der Waals surface area (Å²) < 4.78 is 49.6. The first kappa shape index (κ1) is 21.9. The van der Waals surface area contributed by atoms with E-state index in [1.54, 1.807) is 48.5 Å². The number of esters is 1. The topological polar surface area (TPSA) is 47.9 Å². The minimum Gasteiger partial charge on any atom is -0.454 e. The van der Waals surface area contributed by atoms with Crippen molar-refractivity contribution >= 4 is 41.1 Å². The molecule has 0 N–H and O–H groups in total. The number of alkyl halides is 3. The molecule has 0 amide bonds. The molecular formula is C23H12Cl2F3NO3. The molecule has 3 aromatic rings. The zero-order valence-corrected chi connectivity index (χ0v) is 17.5. The highest BCUT2D eigenvalue weighted by Crippen LogP contribution is 2.41. The number of ether oxygens (including phenoxy) is 2. The van der Waals surface area contributed by atoms with Crippen LogP contribution in [0.15, 0.2) is 77.4 Å². The first-order chi connectivity index (χ1) is 15.2. The Morgan fingerprint density at radius 3 is 2.28 bits per heavy atom. The van der Waals surface area contributed by atoms with E-state index < -0.39 is 17.7 Å². The summed E-state index contributed by atoms with van der Waals surface area (Å²) in [5.41, 5.74) is 0.316. The van der Waals surface area contributed by atoms with Crippen molar-refractivity contribution in [1.29, 1.82) is 0 Å². The Morgan fingerprint density at radius 2 is 1.62 bits per heavy atom. The number of benzene rings is 3. The molecule has 162 valence electrons. The zero-order chi connectivity index (χ0) is 22.9. The van der Waals surface area contributed by atoms with Crippen LogP contribution in [0.25, 0.3) is 6.08 Å². The molecule has 0 radical (unpaired) electrons. The van der Waals surface area contributed by atoms with E-state index >= 15 is 0 Å². The third kappa shape index (κ3) is 4.79. The normalized spacial score (nSPS) is 15.0. The van der Waals surface area contributed by atoms with Crippen LogP contribution >= 0.6 is 23.2 Å². The van der Waals surface area contributed by atoms with E-state index in [4.69, 9.17) is 32.7 Å². The second-order valence-corrected chi connectivity index (χ2v) is 7.46. The molecule has 0 saturated carbocycles. The Bertz CT molecular complexity index is 1230. The predicted molar refractivity (Wildman–Crippen MR) is 115 cm³/mol. The van der Waals surface area contributed by atoms with Crippen LogP contribution in [0.3, 0.4) is 0 Å². The molecular weight excluding hydrogens is 466 g/mol. The van der Waals surface area contributed by atoms with E-state index in [2.05, 4.69) is 4.99 Å². The Labute approximate surface area is 190 Å². The number of carbonyl (C=O) groups excluding carboxylic acids is 1. The lowest BCUT2D eigenvalue weighted by atomic mass is 10.1. The molecule has 0 spiro atoms. The molecule has 1 heterocycles. The lowest BCUT2D eigenvalue weighted by molar-refractivity contribution is -0.137. The average Bonchev–Trinajstić information content (AvgIpc) is 3.11. The number of nitrogens with zero attached hydrogens (tertiary/aromatic N) is 1. The van der Waals surface area contributed by atoms with E-state index in [0.717, 1.165) is 12.1 Å². The van der Waals surface area contributed by atoms with Crippen molar-refractivity contribution in [2.24, 2.45) is 4.99 Å². The summed E-state index contributed by atoms with van der Waals surface area (Å²) in [6.45, 7) is 0. The van der Waals surface area contributed by atoms with Crippen molar-refractivity contribution in [3.05, 3.63) is 99.2 Å². The fourth-order valence-corrected chi connectivity index (χ4v) is 3.44. The van der Waals surface area contributed by atoms with Gasteiger partial charge in [-0.05, 0) is 48.0 Å². The Hall–Kier alpha value is -3.29. The quantitative estimate of drug-likeness (QED) is 0.296. The highest BCUT2D eigenvalue weighted by molar-refractivity contribution is 6.37. The van der Waals surface area contributed by atoms with Crippen molar-refractivity contribution in [3.8, 4) is 11.5 Å². The molecule has 0 unspecified atom stereocenters. The van der Waals surface area contributed by atoms with Crippen LogP contribution in [-0.4, -0.2) is 11.9 Å². The molecule has 1 aliphatic rings. The maximum Gasteiger partial charge on any atom is 0.416 e. The average molecular weight is 478 g/mol. The van der Waals surface area contributed by atoms with Gasteiger partial charge in [0.2, 0.25) is 5.90 Å². The second kappa shape index (κ2) is 8.68. The number of hydrogen-bond acceptors (Lipinski definition) is 4. The lowest BCUT2D eigenvalue weighted by Crippen LogP contribution is -2.05. The van der Waals surface area contributed by atoms with Gasteiger partial charge in [-0.1, -0.05) is 53.5 Å². The van der Waals surface area contributed by atoms with Gasteiger partial charge >= 0.3 is 12.1 Å². The zero-order valence-electron chi connectivity index (χ0n) is 16.0. The van der Waals surface area contributed by atoms with Gasteiger partial charge in [0, 0.05) is 5.56 Å². The minimum absolute atomic E-state index is 0.0894. The summed E-state index contributed by atoms with van der Waals surface area (Å²) in [4.78, 5) is 16.4. The van der Waals surface area contributed by atoms with Gasteiger partial charge in [0.1, 0.15) is 5.75 Å². The fraction of sp³-hybridized carbons (Fsp3) is 0.0435. The van der Waals surface area contributed by atoms with Gasteiger partial charge in [0.05, 0.1) is 15.6 Å². The van der Waals surface area contributed by atoms with Gasteiger partial charge in [0.15, 0.2) is 11.4 Å². The number of rotatable bonds is 4. The standard InChI is InChI=1S/C23H12Cl2F3NO3/c24-17-11-15(23(26,27)28)12-18(25)20(17)31-16-8-4-5-13(9-16)10-19-22(30)32-21(29-19)14-6-2-1-3-7-14/h1-12H. The van der Waals surface area contributed by atoms with Gasteiger partial charge in [0.25, 0.3) is 0 Å². The van der Waals surface area contributed by atoms with Gasteiger partial charge in [-0.3, -0.25) is 0 Å². The number of cyclic esters (lactones) is 1. The maximum absolute atomic E-state index is 12.9. The molecule has 0 aromatic heterocycles. The number of hydrogen-bond donors (Lipinski definition) is 0. The van der Waals surface area contributed by atoms with Crippen LogP contribution in [0.5, 0.6) is 11.5 Å². The molecule has 0 fully saturated rings. The van der Waals surface area contributed by atoms with Crippen molar-refractivity contribution in [3.63, 3.8) is 0 Å². The highest BCUT2D eigenvalue weighted by atomic mass is 35.5. The summed E-state index contributed by atoms with van der Waals surface area (Å²) >= 11 is 11.9. The van der Waals surface area contributed by atoms with Crippen LogP contribution in [0.2, 0.25) is 10.0 Å². The van der Waals surface area contributed by atoms with Crippen LogP contribution < -0.4 is 4.74 Å². The van der Waals surface area contributed by atoms with Gasteiger partial charge in [-0.2, -0.15) is 13.2 Å². The molecule has 1 aliphatic heterocycles. The van der Waals surface area contributed by atoms with Crippen LogP contribution in [0.4, 0.5) is 13.2 Å². The molecule has 4 rings (SSSR count). The molecule has 0 saturated heterocycles. The lowest BCUT2D eigenvalue weighted by Gasteiger charge is -2.13. The van der Waals surface area contributed by atoms with Crippen molar-refractivity contribution in [2.75, 3.05) is 0 Å². The van der Waals surface area contributed by atoms with E-state index in [-0.39, 0.29) is 33.1 Å². The third-order valence-electron chi connectivity index (χ3n) is 4.35. The molecule has 0 atom stereocenters. The fourth-order valence-electron chi connectivity index (χ4n) is 2.88. The monoisotopic (exact) mass is 477 g/mol. The highest BCUT2D eigenvalue weighted by Gasteiger charge is 2.32. The van der Waals surface area contributed by atoms with Crippen LogP contribution in [0.1, 0.15) is 16.7 Å².